The molecule has 0 radical (unpaired) electrons. The summed E-state index contributed by atoms with van der Waals surface area (Å²) in [6.45, 7) is 2.03. The van der Waals surface area contributed by atoms with Gasteiger partial charge in [0.2, 0.25) is 0 Å². The van der Waals surface area contributed by atoms with Crippen LogP contribution >= 0.6 is 0 Å². The van der Waals surface area contributed by atoms with E-state index >= 15 is 0 Å². The molecule has 0 aromatic heterocycles. The normalized spacial score (nSPS) is 10.3. The lowest BCUT2D eigenvalue weighted by Gasteiger charge is -2.18. The van der Waals surface area contributed by atoms with E-state index < -0.39 is 5.82 Å². The minimum absolute atomic E-state index is 0.276. The molecular weight excluding hydrogens is 269 g/mol. The number of nitrogens with one attached hydrogen (secondary N) is 1. The number of rotatable bonds is 4. The summed E-state index contributed by atoms with van der Waals surface area (Å²) in [5.74, 6) is 0.0270. The van der Waals surface area contributed by atoms with Crippen LogP contribution in [-0.2, 0) is 0 Å². The van der Waals surface area contributed by atoms with E-state index in [1.54, 1.807) is 6.07 Å². The Morgan fingerprint density at radius 2 is 1.90 bits per heavy atom. The van der Waals surface area contributed by atoms with Crippen LogP contribution in [0.2, 0.25) is 0 Å². The maximum Gasteiger partial charge on any atom is 0.148 e. The first-order valence-corrected chi connectivity index (χ1v) is 6.60. The number of anilines is 4. The molecule has 0 atom stereocenters. The fraction of sp³-hybridized carbons (Fsp3) is 0.250. The number of ether oxygens (including phenoxy) is 1. The van der Waals surface area contributed by atoms with Gasteiger partial charge in [-0.25, -0.2) is 4.39 Å². The topological polar surface area (TPSA) is 50.5 Å². The Labute approximate surface area is 124 Å². The fourth-order valence-electron chi connectivity index (χ4n) is 2.17. The summed E-state index contributed by atoms with van der Waals surface area (Å²) in [5, 5.41) is 3.06. The highest BCUT2D eigenvalue weighted by Gasteiger charge is 2.10. The van der Waals surface area contributed by atoms with Gasteiger partial charge in [0.1, 0.15) is 11.6 Å². The molecule has 0 bridgehead atoms. The Morgan fingerprint density at radius 1 is 1.19 bits per heavy atom. The fourth-order valence-corrected chi connectivity index (χ4v) is 2.17. The molecule has 21 heavy (non-hydrogen) atoms. The molecular formula is C16H20FN3O. The van der Waals surface area contributed by atoms with E-state index in [0.717, 1.165) is 16.9 Å². The van der Waals surface area contributed by atoms with Crippen LogP contribution in [-0.4, -0.2) is 21.2 Å². The molecule has 0 fully saturated rings. The van der Waals surface area contributed by atoms with Crippen molar-refractivity contribution < 1.29 is 9.13 Å². The van der Waals surface area contributed by atoms with Gasteiger partial charge in [-0.1, -0.05) is 6.07 Å². The van der Waals surface area contributed by atoms with Crippen molar-refractivity contribution in [2.24, 2.45) is 0 Å². The summed E-state index contributed by atoms with van der Waals surface area (Å²) >= 11 is 0. The number of aryl methyl sites for hydroxylation is 1. The van der Waals surface area contributed by atoms with Crippen molar-refractivity contribution in [1.82, 2.24) is 0 Å². The van der Waals surface area contributed by atoms with Crippen LogP contribution in [0.5, 0.6) is 5.75 Å². The minimum Gasteiger partial charge on any atom is -0.495 e. The number of nitrogens with two attached hydrogens (primary N) is 1. The van der Waals surface area contributed by atoms with Crippen LogP contribution in [0.25, 0.3) is 0 Å². The minimum atomic E-state index is -0.416. The van der Waals surface area contributed by atoms with E-state index in [-0.39, 0.29) is 5.69 Å². The average molecular weight is 289 g/mol. The maximum atomic E-state index is 14.0. The zero-order valence-corrected chi connectivity index (χ0v) is 12.7. The van der Waals surface area contributed by atoms with Gasteiger partial charge in [-0.2, -0.15) is 0 Å². The van der Waals surface area contributed by atoms with Crippen molar-refractivity contribution in [2.75, 3.05) is 37.2 Å². The Bertz CT molecular complexity index is 656. The van der Waals surface area contributed by atoms with Crippen LogP contribution in [0.15, 0.2) is 30.3 Å². The van der Waals surface area contributed by atoms with Crippen LogP contribution in [0.1, 0.15) is 5.56 Å². The molecule has 2 aromatic rings. The molecule has 3 N–H and O–H groups in total. The van der Waals surface area contributed by atoms with Crippen molar-refractivity contribution in [3.63, 3.8) is 0 Å². The van der Waals surface area contributed by atoms with E-state index in [1.165, 1.54) is 13.2 Å². The second kappa shape index (κ2) is 5.91. The number of nitrogens with zero attached hydrogens (tertiary/aromatic N) is 1. The lowest BCUT2D eigenvalue weighted by atomic mass is 10.1. The van der Waals surface area contributed by atoms with E-state index in [1.807, 2.05) is 44.1 Å². The van der Waals surface area contributed by atoms with E-state index in [2.05, 4.69) is 5.32 Å². The molecule has 0 heterocycles. The summed E-state index contributed by atoms with van der Waals surface area (Å²) in [4.78, 5) is 2.01. The second-order valence-electron chi connectivity index (χ2n) is 5.09. The summed E-state index contributed by atoms with van der Waals surface area (Å²) in [6, 6.07) is 8.67. The maximum absolute atomic E-state index is 14.0. The Morgan fingerprint density at radius 3 is 2.52 bits per heavy atom. The number of nitrogen functional groups attached to an aromatic ring is 1. The number of benzene rings is 2. The number of hydrogen-bond acceptors (Lipinski definition) is 4. The average Bonchev–Trinajstić information content (AvgIpc) is 2.43. The van der Waals surface area contributed by atoms with Crippen LogP contribution < -0.4 is 20.7 Å². The molecule has 0 saturated carbocycles. The van der Waals surface area contributed by atoms with Gasteiger partial charge in [-0.15, -0.1) is 0 Å². The summed E-state index contributed by atoms with van der Waals surface area (Å²) < 4.78 is 19.1. The first kappa shape index (κ1) is 15.0. The lowest BCUT2D eigenvalue weighted by Crippen LogP contribution is -2.10. The van der Waals surface area contributed by atoms with Gasteiger partial charge < -0.3 is 20.7 Å². The molecule has 2 rings (SSSR count). The van der Waals surface area contributed by atoms with Gasteiger partial charge in [-0.3, -0.25) is 0 Å². The van der Waals surface area contributed by atoms with Crippen LogP contribution in [0.3, 0.4) is 0 Å². The molecule has 0 spiro atoms. The third-order valence-corrected chi connectivity index (χ3v) is 3.29. The predicted octanol–water partition coefficient (Wildman–Crippen LogP) is 3.53. The lowest BCUT2D eigenvalue weighted by molar-refractivity contribution is 0.416. The third kappa shape index (κ3) is 3.18. The van der Waals surface area contributed by atoms with E-state index in [0.29, 0.717) is 11.4 Å². The molecule has 0 amide bonds. The molecule has 4 nitrogen and oxygen atoms in total. The Balaban J connectivity index is 2.36. The first-order chi connectivity index (χ1) is 9.92. The number of halogens is 1. The molecule has 0 unspecified atom stereocenters. The van der Waals surface area contributed by atoms with Gasteiger partial charge in [0.05, 0.1) is 18.5 Å². The molecule has 0 aliphatic heterocycles. The molecule has 112 valence electrons. The van der Waals surface area contributed by atoms with E-state index in [4.69, 9.17) is 10.5 Å². The van der Waals surface area contributed by atoms with Crippen LogP contribution in [0, 0.1) is 12.7 Å². The van der Waals surface area contributed by atoms with Crippen LogP contribution in [0.4, 0.5) is 27.1 Å². The van der Waals surface area contributed by atoms with Gasteiger partial charge in [0.25, 0.3) is 0 Å². The van der Waals surface area contributed by atoms with Crippen molar-refractivity contribution in [3.8, 4) is 5.75 Å². The van der Waals surface area contributed by atoms with E-state index in [9.17, 15) is 4.39 Å². The van der Waals surface area contributed by atoms with Crippen molar-refractivity contribution in [3.05, 3.63) is 41.7 Å². The molecule has 0 saturated heterocycles. The molecule has 0 aliphatic rings. The summed E-state index contributed by atoms with van der Waals surface area (Å²) in [7, 11) is 5.45. The predicted molar refractivity (Wildman–Crippen MR) is 86.2 cm³/mol. The zero-order chi connectivity index (χ0) is 15.6. The Hall–Kier alpha value is -2.43. The van der Waals surface area contributed by atoms with Crippen molar-refractivity contribution >= 4 is 22.7 Å². The highest BCUT2D eigenvalue weighted by atomic mass is 19.1. The third-order valence-electron chi connectivity index (χ3n) is 3.29. The monoisotopic (exact) mass is 289 g/mol. The van der Waals surface area contributed by atoms with Gasteiger partial charge >= 0.3 is 0 Å². The molecule has 2 aromatic carbocycles. The smallest absolute Gasteiger partial charge is 0.148 e. The van der Waals surface area contributed by atoms with Gasteiger partial charge in [0, 0.05) is 37.6 Å². The summed E-state index contributed by atoms with van der Waals surface area (Å²) in [6.07, 6.45) is 0. The largest absolute Gasteiger partial charge is 0.495 e. The Kier molecular flexibility index (Phi) is 4.21. The number of hydrogen-bond donors (Lipinski definition) is 2. The SMILES string of the molecule is COc1cc(Nc2ccc(C)c(N(C)C)c2)c(F)cc1N. The highest BCUT2D eigenvalue weighted by molar-refractivity contribution is 5.70. The molecule has 0 aliphatic carbocycles. The number of methoxy groups -OCH3 is 1. The van der Waals surface area contributed by atoms with Gasteiger partial charge in [-0.05, 0) is 24.6 Å². The van der Waals surface area contributed by atoms with Crippen molar-refractivity contribution in [2.45, 2.75) is 6.92 Å². The zero-order valence-electron chi connectivity index (χ0n) is 12.7. The van der Waals surface area contributed by atoms with Crippen molar-refractivity contribution in [1.29, 1.82) is 0 Å². The standard InChI is InChI=1S/C16H20FN3O/c1-10-5-6-11(7-15(10)20(2)3)19-14-9-16(21-4)13(18)8-12(14)17/h5-9,19H,18H2,1-4H3. The molecule has 5 heteroatoms. The quantitative estimate of drug-likeness (QED) is 0.845. The highest BCUT2D eigenvalue weighted by Crippen LogP contribution is 2.31. The summed E-state index contributed by atoms with van der Waals surface area (Å²) in [5.41, 5.74) is 9.31. The first-order valence-electron chi connectivity index (χ1n) is 6.60. The van der Waals surface area contributed by atoms with Gasteiger partial charge in [0.15, 0.2) is 0 Å². The second-order valence-corrected chi connectivity index (χ2v) is 5.09.